The smallest absolute Gasteiger partial charge is 0.316 e. The van der Waals surface area contributed by atoms with E-state index in [1.165, 1.54) is 4.68 Å². The number of aromatic nitrogens is 3. The standard InChI is InChI=1S/C16H11N3O2/c1-10-11-6-2-5-9-14(11)21-15(10)16(20)19-13-8-4-3-7-12(13)17-18-19/h2-9H,1H3. The van der Waals surface area contributed by atoms with Crippen LogP contribution >= 0.6 is 0 Å². The summed E-state index contributed by atoms with van der Waals surface area (Å²) < 4.78 is 6.97. The highest BCUT2D eigenvalue weighted by Gasteiger charge is 2.21. The summed E-state index contributed by atoms with van der Waals surface area (Å²) in [7, 11) is 0. The number of fused-ring (bicyclic) bond motifs is 2. The number of rotatable bonds is 1. The van der Waals surface area contributed by atoms with Gasteiger partial charge in [-0.15, -0.1) is 5.10 Å². The second kappa shape index (κ2) is 4.28. The highest BCUT2D eigenvalue weighted by Crippen LogP contribution is 2.26. The Kier molecular flexibility index (Phi) is 2.41. The molecule has 2 aromatic carbocycles. The first-order valence-corrected chi connectivity index (χ1v) is 6.59. The molecule has 2 aromatic heterocycles. The molecule has 0 spiro atoms. The molecule has 2 heterocycles. The van der Waals surface area contributed by atoms with Crippen LogP contribution in [0.3, 0.4) is 0 Å². The van der Waals surface area contributed by atoms with E-state index in [4.69, 9.17) is 4.42 Å². The molecule has 0 aliphatic carbocycles. The fourth-order valence-electron chi connectivity index (χ4n) is 2.49. The summed E-state index contributed by atoms with van der Waals surface area (Å²) in [5.74, 6) is -0.00995. The molecule has 5 nitrogen and oxygen atoms in total. The summed E-state index contributed by atoms with van der Waals surface area (Å²) in [4.78, 5) is 12.7. The minimum atomic E-state index is -0.308. The molecular weight excluding hydrogens is 266 g/mol. The Labute approximate surface area is 119 Å². The van der Waals surface area contributed by atoms with Crippen molar-refractivity contribution in [2.45, 2.75) is 6.92 Å². The molecule has 0 unspecified atom stereocenters. The van der Waals surface area contributed by atoms with Crippen molar-refractivity contribution in [2.75, 3.05) is 0 Å². The lowest BCUT2D eigenvalue weighted by molar-refractivity contribution is 0.0921. The summed E-state index contributed by atoms with van der Waals surface area (Å²) in [6.07, 6.45) is 0. The van der Waals surface area contributed by atoms with Crippen molar-refractivity contribution in [3.8, 4) is 0 Å². The highest BCUT2D eigenvalue weighted by atomic mass is 16.3. The predicted molar refractivity (Wildman–Crippen MR) is 78.2 cm³/mol. The van der Waals surface area contributed by atoms with E-state index in [1.807, 2.05) is 55.5 Å². The Hall–Kier alpha value is -2.95. The average molecular weight is 277 g/mol. The molecule has 21 heavy (non-hydrogen) atoms. The topological polar surface area (TPSA) is 60.9 Å². The molecule has 0 atom stereocenters. The number of hydrogen-bond acceptors (Lipinski definition) is 4. The summed E-state index contributed by atoms with van der Waals surface area (Å²) >= 11 is 0. The number of carbonyl (C=O) groups is 1. The third-order valence-corrected chi connectivity index (χ3v) is 3.58. The molecule has 0 bridgehead atoms. The average Bonchev–Trinajstić information content (AvgIpc) is 3.09. The van der Waals surface area contributed by atoms with E-state index in [0.29, 0.717) is 22.4 Å². The first-order chi connectivity index (χ1) is 10.3. The normalized spacial score (nSPS) is 11.3. The minimum Gasteiger partial charge on any atom is -0.451 e. The van der Waals surface area contributed by atoms with Crippen molar-refractivity contribution in [3.05, 3.63) is 59.9 Å². The van der Waals surface area contributed by atoms with Gasteiger partial charge in [-0.25, -0.2) is 0 Å². The van der Waals surface area contributed by atoms with Crippen molar-refractivity contribution < 1.29 is 9.21 Å². The Morgan fingerprint density at radius 3 is 2.71 bits per heavy atom. The van der Waals surface area contributed by atoms with Crippen molar-refractivity contribution >= 4 is 27.9 Å². The summed E-state index contributed by atoms with van der Waals surface area (Å²) in [5, 5.41) is 8.87. The van der Waals surface area contributed by atoms with E-state index in [9.17, 15) is 4.79 Å². The number of furan rings is 1. The van der Waals surface area contributed by atoms with Gasteiger partial charge in [-0.05, 0) is 25.1 Å². The number of hydrogen-bond donors (Lipinski definition) is 0. The monoisotopic (exact) mass is 277 g/mol. The number of nitrogens with zero attached hydrogens (tertiary/aromatic N) is 3. The molecule has 0 aliphatic heterocycles. The predicted octanol–water partition coefficient (Wildman–Crippen LogP) is 3.17. The fraction of sp³-hybridized carbons (Fsp3) is 0.0625. The zero-order chi connectivity index (χ0) is 14.4. The van der Waals surface area contributed by atoms with Crippen LogP contribution in [-0.4, -0.2) is 20.9 Å². The minimum absolute atomic E-state index is 0.298. The van der Waals surface area contributed by atoms with E-state index in [-0.39, 0.29) is 5.91 Å². The SMILES string of the molecule is Cc1c(C(=O)n2nnc3ccccc32)oc2ccccc12. The summed E-state index contributed by atoms with van der Waals surface area (Å²) in [6.45, 7) is 1.87. The lowest BCUT2D eigenvalue weighted by atomic mass is 10.1. The molecule has 5 heteroatoms. The van der Waals surface area contributed by atoms with Gasteiger partial charge in [0, 0.05) is 10.9 Å². The molecule has 0 amide bonds. The van der Waals surface area contributed by atoms with E-state index >= 15 is 0 Å². The molecule has 4 aromatic rings. The third kappa shape index (κ3) is 1.67. The lowest BCUT2D eigenvalue weighted by Gasteiger charge is -1.98. The maximum absolute atomic E-state index is 12.7. The van der Waals surface area contributed by atoms with Crippen LogP contribution in [0.5, 0.6) is 0 Å². The zero-order valence-corrected chi connectivity index (χ0v) is 11.3. The largest absolute Gasteiger partial charge is 0.451 e. The van der Waals surface area contributed by atoms with Crippen LogP contribution in [0.2, 0.25) is 0 Å². The van der Waals surface area contributed by atoms with Crippen LogP contribution in [0.15, 0.2) is 52.9 Å². The Morgan fingerprint density at radius 1 is 1.10 bits per heavy atom. The zero-order valence-electron chi connectivity index (χ0n) is 11.3. The Balaban J connectivity index is 1.92. The quantitative estimate of drug-likeness (QED) is 0.536. The van der Waals surface area contributed by atoms with Crippen LogP contribution in [0, 0.1) is 6.92 Å². The van der Waals surface area contributed by atoms with Gasteiger partial charge in [0.2, 0.25) is 0 Å². The van der Waals surface area contributed by atoms with Gasteiger partial charge in [-0.2, -0.15) is 4.68 Å². The number of carbonyl (C=O) groups excluding carboxylic acids is 1. The van der Waals surface area contributed by atoms with Gasteiger partial charge >= 0.3 is 5.91 Å². The van der Waals surface area contributed by atoms with Crippen molar-refractivity contribution in [1.29, 1.82) is 0 Å². The maximum atomic E-state index is 12.7. The molecule has 4 rings (SSSR count). The molecule has 0 saturated carbocycles. The molecule has 0 radical (unpaired) electrons. The fourth-order valence-corrected chi connectivity index (χ4v) is 2.49. The lowest BCUT2D eigenvalue weighted by Crippen LogP contribution is -2.13. The van der Waals surface area contributed by atoms with Crippen LogP contribution in [-0.2, 0) is 0 Å². The second-order valence-corrected chi connectivity index (χ2v) is 4.85. The van der Waals surface area contributed by atoms with Gasteiger partial charge in [0.25, 0.3) is 0 Å². The molecule has 0 fully saturated rings. The van der Waals surface area contributed by atoms with E-state index in [0.717, 1.165) is 10.9 Å². The van der Waals surface area contributed by atoms with E-state index < -0.39 is 0 Å². The third-order valence-electron chi connectivity index (χ3n) is 3.58. The van der Waals surface area contributed by atoms with Gasteiger partial charge in [-0.1, -0.05) is 35.5 Å². The summed E-state index contributed by atoms with van der Waals surface area (Å²) in [6, 6.07) is 14.9. The number of aryl methyl sites for hydroxylation is 1. The number of para-hydroxylation sites is 2. The first kappa shape index (κ1) is 11.8. The van der Waals surface area contributed by atoms with Gasteiger partial charge in [0.05, 0.1) is 5.52 Å². The maximum Gasteiger partial charge on any atom is 0.316 e. The van der Waals surface area contributed by atoms with Crippen molar-refractivity contribution in [3.63, 3.8) is 0 Å². The van der Waals surface area contributed by atoms with Crippen LogP contribution < -0.4 is 0 Å². The van der Waals surface area contributed by atoms with E-state index in [2.05, 4.69) is 10.3 Å². The second-order valence-electron chi connectivity index (χ2n) is 4.85. The van der Waals surface area contributed by atoms with Gasteiger partial charge in [0.15, 0.2) is 5.76 Å². The van der Waals surface area contributed by atoms with Crippen LogP contribution in [0.1, 0.15) is 16.1 Å². The highest BCUT2D eigenvalue weighted by molar-refractivity contribution is 6.02. The first-order valence-electron chi connectivity index (χ1n) is 6.59. The van der Waals surface area contributed by atoms with Crippen molar-refractivity contribution in [2.24, 2.45) is 0 Å². The van der Waals surface area contributed by atoms with Crippen LogP contribution in [0.25, 0.3) is 22.0 Å². The van der Waals surface area contributed by atoms with Gasteiger partial charge in [-0.3, -0.25) is 4.79 Å². The van der Waals surface area contributed by atoms with Gasteiger partial charge < -0.3 is 4.42 Å². The van der Waals surface area contributed by atoms with Gasteiger partial charge in [0.1, 0.15) is 11.1 Å². The Bertz CT molecular complexity index is 981. The molecule has 0 N–H and O–H groups in total. The van der Waals surface area contributed by atoms with Crippen molar-refractivity contribution in [1.82, 2.24) is 15.0 Å². The van der Waals surface area contributed by atoms with Crippen LogP contribution in [0.4, 0.5) is 0 Å². The molecule has 0 aliphatic rings. The Morgan fingerprint density at radius 2 is 1.86 bits per heavy atom. The molecule has 0 saturated heterocycles. The molecular formula is C16H11N3O2. The van der Waals surface area contributed by atoms with E-state index in [1.54, 1.807) is 0 Å². The summed E-state index contributed by atoms with van der Waals surface area (Å²) in [5.41, 5.74) is 2.86. The molecule has 102 valence electrons. The number of benzene rings is 2.